The van der Waals surface area contributed by atoms with Crippen LogP contribution in [0.3, 0.4) is 0 Å². The van der Waals surface area contributed by atoms with Crippen molar-refractivity contribution in [3.05, 3.63) is 29.4 Å². The first-order valence-corrected chi connectivity index (χ1v) is 4.33. The van der Waals surface area contributed by atoms with Gasteiger partial charge < -0.3 is 10.9 Å². The third-order valence-corrected chi connectivity index (χ3v) is 2.08. The zero-order valence-corrected chi connectivity index (χ0v) is 9.43. The summed E-state index contributed by atoms with van der Waals surface area (Å²) < 4.78 is 21.1. The first-order chi connectivity index (χ1) is 5.00. The summed E-state index contributed by atoms with van der Waals surface area (Å²) in [5, 5.41) is 6.67. The fraction of sp³-hybridized carbons (Fsp3) is 0. The van der Waals surface area contributed by atoms with Crippen LogP contribution in [0, 0.1) is 0 Å². The molecule has 0 amide bonds. The smallest absolute Gasteiger partial charge is 0.560 e. The van der Waals surface area contributed by atoms with Crippen LogP contribution in [0.5, 0.6) is 0 Å². The molecule has 0 aliphatic carbocycles. The molecule has 0 fully saturated rings. The number of nitrogens with two attached hydrogens (primary N) is 1. The molecule has 0 spiro atoms. The predicted molar refractivity (Wildman–Crippen MR) is 42.4 cm³/mol. The molecule has 1 aromatic rings. The summed E-state index contributed by atoms with van der Waals surface area (Å²) in [5.74, 6) is 0. The van der Waals surface area contributed by atoms with Crippen molar-refractivity contribution in [2.24, 2.45) is 0 Å². The van der Waals surface area contributed by atoms with Crippen LogP contribution in [0.15, 0.2) is 29.2 Å². The van der Waals surface area contributed by atoms with E-state index in [2.05, 4.69) is 0 Å². The van der Waals surface area contributed by atoms with E-state index in [0.717, 1.165) is 0 Å². The Kier molecular flexibility index (Phi) is 4.22. The number of hydrogen-bond donors (Lipinski definition) is 1. The van der Waals surface area contributed by atoms with Crippen LogP contribution in [-0.4, -0.2) is 8.42 Å². The maximum Gasteiger partial charge on any atom is 1.00 e. The van der Waals surface area contributed by atoms with Gasteiger partial charge in [0.1, 0.15) is 0 Å². The first-order valence-electron chi connectivity index (χ1n) is 2.85. The number of nitrogens with one attached hydrogen (secondary N) is 1. The molecule has 0 atom stereocenters. The summed E-state index contributed by atoms with van der Waals surface area (Å²) >= 11 is 0. The number of sulfonamides is 1. The summed E-state index contributed by atoms with van der Waals surface area (Å²) in [5.41, 5.74) is 5.80. The summed E-state index contributed by atoms with van der Waals surface area (Å²) in [7, 11) is -3.83. The third-order valence-electron chi connectivity index (χ3n) is 1.19. The maximum absolute atomic E-state index is 10.6. The van der Waals surface area contributed by atoms with Crippen molar-refractivity contribution in [1.82, 2.24) is 0 Å². The molecular weight excluding hydrogens is 187 g/mol. The van der Waals surface area contributed by atoms with Gasteiger partial charge in [-0.05, 0) is 24.3 Å². The standard InChI is InChI=1S/C6H7N2O2S.Na/c7-5-1-3-6(4-2-5)11(8,9)10;/h1-4H,7H2,(H-,8,9,10);/q-1;+1. The fourth-order valence-electron chi connectivity index (χ4n) is 0.647. The van der Waals surface area contributed by atoms with Gasteiger partial charge in [0.25, 0.3) is 0 Å². The fourth-order valence-corrected chi connectivity index (χ4v) is 1.14. The number of nitrogen functional groups attached to an aromatic ring is 1. The van der Waals surface area contributed by atoms with E-state index < -0.39 is 10.0 Å². The Hall–Kier alpha value is -0.0700. The van der Waals surface area contributed by atoms with Crippen LogP contribution in [0.25, 0.3) is 5.14 Å². The number of benzene rings is 1. The third kappa shape index (κ3) is 3.12. The van der Waals surface area contributed by atoms with E-state index in [9.17, 15) is 8.42 Å². The molecule has 0 aromatic heterocycles. The summed E-state index contributed by atoms with van der Waals surface area (Å²) in [6.45, 7) is 0. The van der Waals surface area contributed by atoms with Crippen molar-refractivity contribution in [2.45, 2.75) is 4.90 Å². The summed E-state index contributed by atoms with van der Waals surface area (Å²) in [6.07, 6.45) is 0. The molecule has 0 bridgehead atoms. The van der Waals surface area contributed by atoms with Crippen LogP contribution < -0.4 is 35.3 Å². The second-order valence-corrected chi connectivity index (χ2v) is 3.55. The normalized spacial score (nSPS) is 10.4. The van der Waals surface area contributed by atoms with Crippen molar-refractivity contribution in [3.8, 4) is 0 Å². The van der Waals surface area contributed by atoms with Crippen molar-refractivity contribution in [2.75, 3.05) is 5.73 Å². The first kappa shape index (κ1) is 11.9. The number of anilines is 1. The molecule has 4 nitrogen and oxygen atoms in total. The molecule has 3 N–H and O–H groups in total. The van der Waals surface area contributed by atoms with Crippen molar-refractivity contribution < 1.29 is 38.0 Å². The van der Waals surface area contributed by atoms with Gasteiger partial charge >= 0.3 is 29.6 Å². The molecule has 0 heterocycles. The average molecular weight is 194 g/mol. The maximum atomic E-state index is 10.6. The minimum Gasteiger partial charge on any atom is -0.560 e. The van der Waals surface area contributed by atoms with Crippen molar-refractivity contribution in [1.29, 1.82) is 0 Å². The van der Waals surface area contributed by atoms with Crippen molar-refractivity contribution in [3.63, 3.8) is 0 Å². The van der Waals surface area contributed by atoms with E-state index in [1.807, 2.05) is 0 Å². The topological polar surface area (TPSA) is 84.0 Å². The zero-order valence-electron chi connectivity index (χ0n) is 6.61. The molecule has 0 aliphatic rings. The molecule has 0 aliphatic heterocycles. The Bertz CT molecular complexity index is 346. The Balaban J connectivity index is 0.00000121. The molecule has 0 unspecified atom stereocenters. The average Bonchev–Trinajstić information content (AvgIpc) is 1.86. The molecule has 12 heavy (non-hydrogen) atoms. The van der Waals surface area contributed by atoms with Gasteiger partial charge in [0.2, 0.25) is 0 Å². The van der Waals surface area contributed by atoms with E-state index in [1.54, 1.807) is 0 Å². The number of rotatable bonds is 1. The molecule has 0 radical (unpaired) electrons. The van der Waals surface area contributed by atoms with Gasteiger partial charge in [-0.25, -0.2) is 8.42 Å². The second-order valence-electron chi connectivity index (χ2n) is 2.07. The minimum atomic E-state index is -3.83. The van der Waals surface area contributed by atoms with E-state index >= 15 is 0 Å². The van der Waals surface area contributed by atoms with Gasteiger partial charge in [-0.1, -0.05) is 0 Å². The van der Waals surface area contributed by atoms with E-state index in [-0.39, 0.29) is 34.5 Å². The minimum absolute atomic E-state index is 0. The molecule has 0 saturated carbocycles. The quantitative estimate of drug-likeness (QED) is 0.415. The monoisotopic (exact) mass is 194 g/mol. The van der Waals surface area contributed by atoms with Gasteiger partial charge in [0, 0.05) is 10.6 Å². The Labute approximate surface area is 93.3 Å². The van der Waals surface area contributed by atoms with E-state index in [4.69, 9.17) is 10.9 Å². The molecule has 6 heteroatoms. The molecule has 0 saturated heterocycles. The van der Waals surface area contributed by atoms with E-state index in [0.29, 0.717) is 5.69 Å². The second kappa shape index (κ2) is 4.25. The van der Waals surface area contributed by atoms with Gasteiger partial charge in [0.05, 0.1) is 10.0 Å². The van der Waals surface area contributed by atoms with Gasteiger partial charge in [-0.3, -0.25) is 0 Å². The zero-order chi connectivity index (χ0) is 8.48. The molecular formula is C6H7N2NaO2S. The summed E-state index contributed by atoms with van der Waals surface area (Å²) in [4.78, 5) is -0.0355. The SMILES string of the molecule is [NH-]S(=O)(=O)c1ccc(N)cc1.[Na+]. The van der Waals surface area contributed by atoms with Crippen LogP contribution in [-0.2, 0) is 10.0 Å². The van der Waals surface area contributed by atoms with Crippen LogP contribution >= 0.6 is 0 Å². The van der Waals surface area contributed by atoms with Gasteiger partial charge in [-0.2, -0.15) is 0 Å². The summed E-state index contributed by atoms with van der Waals surface area (Å²) in [6, 6.07) is 5.50. The largest absolute Gasteiger partial charge is 1.00 e. The van der Waals surface area contributed by atoms with Crippen molar-refractivity contribution >= 4 is 15.7 Å². The number of hydrogen-bond acceptors (Lipinski definition) is 3. The Morgan fingerprint density at radius 2 is 1.58 bits per heavy atom. The van der Waals surface area contributed by atoms with Crippen LogP contribution in [0.2, 0.25) is 0 Å². The Morgan fingerprint density at radius 1 is 1.17 bits per heavy atom. The van der Waals surface area contributed by atoms with Crippen LogP contribution in [0.1, 0.15) is 0 Å². The van der Waals surface area contributed by atoms with Gasteiger partial charge in [0.15, 0.2) is 0 Å². The predicted octanol–water partition coefficient (Wildman–Crippen LogP) is -1.99. The molecule has 1 rings (SSSR count). The van der Waals surface area contributed by atoms with E-state index in [1.165, 1.54) is 24.3 Å². The molecule has 60 valence electrons. The van der Waals surface area contributed by atoms with Crippen LogP contribution in [0.4, 0.5) is 5.69 Å². The van der Waals surface area contributed by atoms with Gasteiger partial charge in [-0.15, -0.1) is 0 Å². The molecule has 1 aromatic carbocycles. The Morgan fingerprint density at radius 3 is 1.92 bits per heavy atom.